The normalized spacial score (nSPS) is 23.1. The zero-order chi connectivity index (χ0) is 11.7. The highest BCUT2D eigenvalue weighted by molar-refractivity contribution is 5.79. The first-order chi connectivity index (χ1) is 8.36. The highest BCUT2D eigenvalue weighted by Crippen LogP contribution is 2.34. The van der Waals surface area contributed by atoms with Crippen molar-refractivity contribution in [3.63, 3.8) is 0 Å². The lowest BCUT2D eigenvalue weighted by molar-refractivity contribution is 0.599. The molecule has 0 aliphatic heterocycles. The average molecular weight is 228 g/mol. The van der Waals surface area contributed by atoms with E-state index in [2.05, 4.69) is 41.5 Å². The second kappa shape index (κ2) is 4.53. The molecule has 0 bridgehead atoms. The number of aromatic nitrogens is 1. The third-order valence-corrected chi connectivity index (χ3v) is 3.77. The largest absolute Gasteiger partial charge is 0.361 e. The molecule has 17 heavy (non-hydrogen) atoms. The van der Waals surface area contributed by atoms with Gasteiger partial charge in [-0.3, -0.25) is 0 Å². The van der Waals surface area contributed by atoms with Crippen LogP contribution in [0.3, 0.4) is 0 Å². The molecule has 0 amide bonds. The number of benzene rings is 1. The molecular formula is C15H20N2. The van der Waals surface area contributed by atoms with Crippen molar-refractivity contribution >= 4 is 10.9 Å². The van der Waals surface area contributed by atoms with Gasteiger partial charge < -0.3 is 10.3 Å². The van der Waals surface area contributed by atoms with Gasteiger partial charge in [0.2, 0.25) is 0 Å². The summed E-state index contributed by atoms with van der Waals surface area (Å²) in [5.74, 6) is 0.941. The lowest BCUT2D eigenvalue weighted by atomic mass is 10.1. The molecule has 2 nitrogen and oxygen atoms in total. The Labute approximate surface area is 102 Å². The Bertz CT molecular complexity index is 500. The summed E-state index contributed by atoms with van der Waals surface area (Å²) in [6.45, 7) is 3.28. The van der Waals surface area contributed by atoms with Gasteiger partial charge in [-0.1, -0.05) is 19.4 Å². The molecular weight excluding hydrogens is 208 g/mol. The van der Waals surface area contributed by atoms with Crippen LogP contribution in [-0.4, -0.2) is 11.0 Å². The van der Waals surface area contributed by atoms with Crippen molar-refractivity contribution < 1.29 is 0 Å². The maximum atomic E-state index is 3.65. The quantitative estimate of drug-likeness (QED) is 0.806. The van der Waals surface area contributed by atoms with Gasteiger partial charge in [-0.2, -0.15) is 0 Å². The summed E-state index contributed by atoms with van der Waals surface area (Å²) in [6.07, 6.45) is 6.08. The molecule has 1 saturated carbocycles. The third-order valence-electron chi connectivity index (χ3n) is 3.77. The number of nitrogens with one attached hydrogen (secondary N) is 2. The Morgan fingerprint density at radius 1 is 1.35 bits per heavy atom. The van der Waals surface area contributed by atoms with Crippen LogP contribution in [-0.2, 0) is 6.54 Å². The molecule has 90 valence electrons. The van der Waals surface area contributed by atoms with E-state index in [1.165, 1.54) is 35.7 Å². The fourth-order valence-electron chi connectivity index (χ4n) is 2.65. The molecule has 1 heterocycles. The van der Waals surface area contributed by atoms with Crippen LogP contribution in [0, 0.1) is 5.92 Å². The summed E-state index contributed by atoms with van der Waals surface area (Å²) in [6, 6.07) is 9.56. The van der Waals surface area contributed by atoms with Crippen molar-refractivity contribution in [3.8, 4) is 0 Å². The van der Waals surface area contributed by atoms with Crippen LogP contribution < -0.4 is 5.32 Å². The summed E-state index contributed by atoms with van der Waals surface area (Å²) in [5, 5.41) is 4.96. The fourth-order valence-corrected chi connectivity index (χ4v) is 2.65. The van der Waals surface area contributed by atoms with Crippen LogP contribution >= 0.6 is 0 Å². The average Bonchev–Trinajstić information content (AvgIpc) is 2.91. The summed E-state index contributed by atoms with van der Waals surface area (Å²) in [4.78, 5) is 3.23. The molecule has 1 aromatic carbocycles. The van der Waals surface area contributed by atoms with Crippen molar-refractivity contribution in [3.05, 3.63) is 36.0 Å². The van der Waals surface area contributed by atoms with Gasteiger partial charge in [0.25, 0.3) is 0 Å². The van der Waals surface area contributed by atoms with Crippen LogP contribution in [0.5, 0.6) is 0 Å². The zero-order valence-electron chi connectivity index (χ0n) is 10.4. The molecule has 0 saturated heterocycles. The molecule has 2 unspecified atom stereocenters. The van der Waals surface area contributed by atoms with E-state index in [-0.39, 0.29) is 0 Å². The lowest BCUT2D eigenvalue weighted by Gasteiger charge is -2.04. The number of fused-ring (bicyclic) bond motifs is 1. The number of hydrogen-bond donors (Lipinski definition) is 2. The van der Waals surface area contributed by atoms with E-state index in [9.17, 15) is 0 Å². The van der Waals surface area contributed by atoms with Gasteiger partial charge in [-0.25, -0.2) is 0 Å². The van der Waals surface area contributed by atoms with Gasteiger partial charge in [-0.05, 0) is 47.9 Å². The highest BCUT2D eigenvalue weighted by Gasteiger charge is 2.35. The molecule has 2 N–H and O–H groups in total. The smallest absolute Gasteiger partial charge is 0.0454 e. The standard InChI is InChI=1S/C15H20N2/c1-2-3-12-9-15(12)17-10-11-4-5-14-13(8-11)6-7-16-14/h4-8,12,15-17H,2-3,9-10H2,1H3. The maximum Gasteiger partial charge on any atom is 0.0454 e. The predicted molar refractivity (Wildman–Crippen MR) is 71.9 cm³/mol. The molecule has 0 spiro atoms. The molecule has 1 fully saturated rings. The SMILES string of the molecule is CCCC1CC1NCc1ccc2[nH]ccc2c1. The summed E-state index contributed by atoms with van der Waals surface area (Å²) >= 11 is 0. The Kier molecular flexibility index (Phi) is 2.89. The van der Waals surface area contributed by atoms with E-state index in [1.54, 1.807) is 0 Å². The van der Waals surface area contributed by atoms with Crippen LogP contribution in [0.4, 0.5) is 0 Å². The third kappa shape index (κ3) is 2.37. The summed E-state index contributed by atoms with van der Waals surface area (Å²) in [5.41, 5.74) is 2.61. The number of H-pyrrole nitrogens is 1. The lowest BCUT2D eigenvalue weighted by Crippen LogP contribution is -2.17. The Morgan fingerprint density at radius 3 is 3.18 bits per heavy atom. The first kappa shape index (κ1) is 10.8. The second-order valence-electron chi connectivity index (χ2n) is 5.17. The molecule has 2 atom stereocenters. The molecule has 1 aliphatic carbocycles. The number of aromatic amines is 1. The topological polar surface area (TPSA) is 27.8 Å². The van der Waals surface area contributed by atoms with Crippen LogP contribution in [0.2, 0.25) is 0 Å². The summed E-state index contributed by atoms with van der Waals surface area (Å²) < 4.78 is 0. The highest BCUT2D eigenvalue weighted by atomic mass is 15.0. The van der Waals surface area contributed by atoms with Gasteiger partial charge in [0.15, 0.2) is 0 Å². The first-order valence-electron chi connectivity index (χ1n) is 6.66. The van der Waals surface area contributed by atoms with E-state index in [4.69, 9.17) is 0 Å². The molecule has 0 radical (unpaired) electrons. The molecule has 1 aliphatic rings. The minimum absolute atomic E-state index is 0.775. The molecule has 3 rings (SSSR count). The van der Waals surface area contributed by atoms with Gasteiger partial charge in [0.1, 0.15) is 0 Å². The van der Waals surface area contributed by atoms with Gasteiger partial charge in [-0.15, -0.1) is 0 Å². The number of hydrogen-bond acceptors (Lipinski definition) is 1. The van der Waals surface area contributed by atoms with Crippen molar-refractivity contribution in [1.29, 1.82) is 0 Å². The second-order valence-corrected chi connectivity index (χ2v) is 5.17. The van der Waals surface area contributed by atoms with E-state index in [0.717, 1.165) is 18.5 Å². The monoisotopic (exact) mass is 228 g/mol. The molecule has 1 aromatic heterocycles. The predicted octanol–water partition coefficient (Wildman–Crippen LogP) is 3.45. The minimum Gasteiger partial charge on any atom is -0.361 e. The van der Waals surface area contributed by atoms with Crippen LogP contribution in [0.25, 0.3) is 10.9 Å². The van der Waals surface area contributed by atoms with E-state index in [0.29, 0.717) is 0 Å². The van der Waals surface area contributed by atoms with Crippen molar-refractivity contribution in [2.75, 3.05) is 0 Å². The Hall–Kier alpha value is -1.28. The van der Waals surface area contributed by atoms with E-state index in [1.807, 2.05) is 6.20 Å². The Morgan fingerprint density at radius 2 is 2.29 bits per heavy atom. The van der Waals surface area contributed by atoms with Crippen molar-refractivity contribution in [2.24, 2.45) is 5.92 Å². The molecule has 2 aromatic rings. The van der Waals surface area contributed by atoms with Gasteiger partial charge >= 0.3 is 0 Å². The Balaban J connectivity index is 1.58. The van der Waals surface area contributed by atoms with E-state index >= 15 is 0 Å². The van der Waals surface area contributed by atoms with Crippen LogP contribution in [0.1, 0.15) is 31.7 Å². The van der Waals surface area contributed by atoms with Gasteiger partial charge in [0, 0.05) is 24.3 Å². The summed E-state index contributed by atoms with van der Waals surface area (Å²) in [7, 11) is 0. The zero-order valence-corrected chi connectivity index (χ0v) is 10.4. The first-order valence-corrected chi connectivity index (χ1v) is 6.66. The van der Waals surface area contributed by atoms with E-state index < -0.39 is 0 Å². The number of rotatable bonds is 5. The van der Waals surface area contributed by atoms with Crippen molar-refractivity contribution in [2.45, 2.75) is 38.8 Å². The fraction of sp³-hybridized carbons (Fsp3) is 0.467. The maximum absolute atomic E-state index is 3.65. The van der Waals surface area contributed by atoms with Crippen LogP contribution in [0.15, 0.2) is 30.5 Å². The van der Waals surface area contributed by atoms with Crippen molar-refractivity contribution in [1.82, 2.24) is 10.3 Å². The minimum atomic E-state index is 0.775. The molecule has 2 heteroatoms. The van der Waals surface area contributed by atoms with Gasteiger partial charge in [0.05, 0.1) is 0 Å².